The molecule has 7 rings (SSSR count). The van der Waals surface area contributed by atoms with E-state index in [9.17, 15) is 18.7 Å². The van der Waals surface area contributed by atoms with Gasteiger partial charge in [-0.15, -0.1) is 0 Å². The largest absolute Gasteiger partial charge is 0.493 e. The number of rotatable bonds is 10. The number of nitrogens with zero attached hydrogens (tertiary/aromatic N) is 5. The monoisotopic (exact) mass is 732 g/mol. The molecule has 1 aromatic heterocycles. The van der Waals surface area contributed by atoms with Crippen LogP contribution in [0.3, 0.4) is 0 Å². The molecule has 3 fully saturated rings. The fourth-order valence-electron chi connectivity index (χ4n) is 7.36. The van der Waals surface area contributed by atoms with Gasteiger partial charge in [0.05, 0.1) is 31.9 Å². The Morgan fingerprint density at radius 3 is 2.30 bits per heavy atom. The molecule has 2 N–H and O–H groups in total. The van der Waals surface area contributed by atoms with Gasteiger partial charge in [0.25, 0.3) is 0 Å². The highest BCUT2D eigenvalue weighted by atomic mass is 19.1. The standard InChI is InChI=1S/C32H35F2N5O2.C7H13NO2.C2H6/c1-23-3-6-27(7-4-23)37-11-13-38(14-12-37)28-8-10-31(24(2)15-28)40-18-25-17-32(41-19-25,20-39-22-35-21-36-39)29-9-5-26(33)16-30(29)34;9-5-8-6-3-1-2-4-7(6)10;1-2/h3-10,15-16,21-22,25H,11-14,17-20H2,1-2H3;5-7,10H,1-4H2,(H,8,9);1-2H3/t25?,32-;6-,7?;/m00./s1. The van der Waals surface area contributed by atoms with Crippen molar-refractivity contribution in [2.24, 2.45) is 5.92 Å². The van der Waals surface area contributed by atoms with Gasteiger partial charge in [0, 0.05) is 55.1 Å². The van der Waals surface area contributed by atoms with Crippen LogP contribution in [0.25, 0.3) is 0 Å². The molecule has 1 amide bonds. The van der Waals surface area contributed by atoms with Crippen molar-refractivity contribution in [3.63, 3.8) is 0 Å². The number of halogens is 2. The summed E-state index contributed by atoms with van der Waals surface area (Å²) in [5.74, 6) is -0.393. The van der Waals surface area contributed by atoms with Crippen molar-refractivity contribution in [3.05, 3.63) is 102 Å². The number of piperazine rings is 1. The van der Waals surface area contributed by atoms with E-state index in [2.05, 4.69) is 75.4 Å². The average Bonchev–Trinajstić information content (AvgIpc) is 3.84. The van der Waals surface area contributed by atoms with Gasteiger partial charge < -0.3 is 29.7 Å². The summed E-state index contributed by atoms with van der Waals surface area (Å²) >= 11 is 0. The third-order valence-corrected chi connectivity index (χ3v) is 10.2. The minimum atomic E-state index is -0.987. The molecule has 4 aromatic rings. The molecule has 3 heterocycles. The van der Waals surface area contributed by atoms with Gasteiger partial charge in [-0.25, -0.2) is 18.4 Å². The number of aliphatic hydroxyl groups excluding tert-OH is 1. The Morgan fingerprint density at radius 2 is 1.66 bits per heavy atom. The molecule has 4 atom stereocenters. The van der Waals surface area contributed by atoms with Crippen molar-refractivity contribution < 1.29 is 28.2 Å². The van der Waals surface area contributed by atoms with Crippen LogP contribution in [-0.4, -0.2) is 77.8 Å². The van der Waals surface area contributed by atoms with Gasteiger partial charge in [-0.05, 0) is 75.1 Å². The number of carbonyl (C=O) groups excluding carboxylic acids is 1. The summed E-state index contributed by atoms with van der Waals surface area (Å²) in [4.78, 5) is 18.9. The van der Waals surface area contributed by atoms with E-state index in [1.807, 2.05) is 19.9 Å². The Morgan fingerprint density at radius 1 is 0.962 bits per heavy atom. The molecule has 0 radical (unpaired) electrons. The van der Waals surface area contributed by atoms with E-state index in [0.717, 1.165) is 69.2 Å². The van der Waals surface area contributed by atoms with E-state index in [1.54, 1.807) is 11.0 Å². The molecular formula is C41H54F2N6O4. The van der Waals surface area contributed by atoms with Gasteiger partial charge in [0.15, 0.2) is 0 Å². The number of ether oxygens (including phenoxy) is 2. The fourth-order valence-corrected chi connectivity index (χ4v) is 7.36. The fraction of sp³-hybridized carbons (Fsp3) is 0.488. The Bertz CT molecular complexity index is 1720. The van der Waals surface area contributed by atoms with E-state index < -0.39 is 17.2 Å². The minimum absolute atomic E-state index is 0.00579. The van der Waals surface area contributed by atoms with Crippen molar-refractivity contribution in [1.82, 2.24) is 20.1 Å². The molecule has 2 saturated heterocycles. The molecule has 3 aliphatic rings. The van der Waals surface area contributed by atoms with Crippen LogP contribution in [0.4, 0.5) is 20.2 Å². The third-order valence-electron chi connectivity index (χ3n) is 10.2. The summed E-state index contributed by atoms with van der Waals surface area (Å²) in [7, 11) is 0. The first-order chi connectivity index (χ1) is 25.7. The lowest BCUT2D eigenvalue weighted by Crippen LogP contribution is -2.46. The number of carbonyl (C=O) groups is 1. The van der Waals surface area contributed by atoms with Gasteiger partial charge in [0.2, 0.25) is 6.41 Å². The highest BCUT2D eigenvalue weighted by molar-refractivity contribution is 5.55. The zero-order valence-electron chi connectivity index (χ0n) is 31.4. The molecular weight excluding hydrogens is 678 g/mol. The number of nitrogens with one attached hydrogen (secondary N) is 1. The second-order valence-electron chi connectivity index (χ2n) is 13.9. The second-order valence-corrected chi connectivity index (χ2v) is 13.9. The number of anilines is 2. The Kier molecular flexibility index (Phi) is 14.2. The summed E-state index contributed by atoms with van der Waals surface area (Å²) in [5, 5.41) is 16.1. The van der Waals surface area contributed by atoms with Crippen LogP contribution in [0.2, 0.25) is 0 Å². The molecule has 3 aromatic carbocycles. The molecule has 1 aliphatic carbocycles. The quantitative estimate of drug-likeness (QED) is 0.177. The lowest BCUT2D eigenvalue weighted by Gasteiger charge is -2.37. The van der Waals surface area contributed by atoms with E-state index in [1.165, 1.54) is 35.4 Å². The maximum Gasteiger partial charge on any atom is 0.207 e. The van der Waals surface area contributed by atoms with Crippen LogP contribution in [0.1, 0.15) is 62.6 Å². The molecule has 10 nitrogen and oxygen atoms in total. The van der Waals surface area contributed by atoms with Crippen molar-refractivity contribution in [2.45, 2.75) is 84.1 Å². The van der Waals surface area contributed by atoms with E-state index >= 15 is 0 Å². The molecule has 0 bridgehead atoms. The molecule has 2 unspecified atom stereocenters. The lowest BCUT2D eigenvalue weighted by molar-refractivity contribution is -0.111. The van der Waals surface area contributed by atoms with Crippen LogP contribution in [0.5, 0.6) is 5.75 Å². The highest BCUT2D eigenvalue weighted by Gasteiger charge is 2.44. The number of benzene rings is 3. The maximum absolute atomic E-state index is 14.9. The summed E-state index contributed by atoms with van der Waals surface area (Å²) in [5.41, 5.74) is 4.15. The molecule has 0 spiro atoms. The smallest absolute Gasteiger partial charge is 0.207 e. The first-order valence-electron chi connectivity index (χ1n) is 18.8. The normalized spacial score (nSPS) is 22.6. The number of hydrogen-bond acceptors (Lipinski definition) is 8. The minimum Gasteiger partial charge on any atom is -0.493 e. The predicted molar refractivity (Wildman–Crippen MR) is 203 cm³/mol. The predicted octanol–water partition coefficient (Wildman–Crippen LogP) is 6.57. The Hall–Kier alpha value is -4.55. The van der Waals surface area contributed by atoms with Crippen LogP contribution in [0.15, 0.2) is 73.3 Å². The van der Waals surface area contributed by atoms with Gasteiger partial charge in [0.1, 0.15) is 35.6 Å². The van der Waals surface area contributed by atoms with Crippen LogP contribution >= 0.6 is 0 Å². The molecule has 286 valence electrons. The number of aliphatic hydroxyl groups is 1. The van der Waals surface area contributed by atoms with Crippen molar-refractivity contribution >= 4 is 17.8 Å². The summed E-state index contributed by atoms with van der Waals surface area (Å²) < 4.78 is 42.7. The van der Waals surface area contributed by atoms with Crippen LogP contribution in [-0.2, 0) is 21.7 Å². The van der Waals surface area contributed by atoms with Gasteiger partial charge >= 0.3 is 0 Å². The van der Waals surface area contributed by atoms with Gasteiger partial charge in [-0.2, -0.15) is 5.10 Å². The van der Waals surface area contributed by atoms with Gasteiger partial charge in [-0.3, -0.25) is 4.79 Å². The molecule has 1 saturated carbocycles. The van der Waals surface area contributed by atoms with Crippen molar-refractivity contribution in [1.29, 1.82) is 0 Å². The van der Waals surface area contributed by atoms with E-state index in [0.29, 0.717) is 31.6 Å². The van der Waals surface area contributed by atoms with E-state index in [4.69, 9.17) is 9.47 Å². The number of hydrogen-bond donors (Lipinski definition) is 2. The number of aryl methyl sites for hydroxylation is 2. The van der Waals surface area contributed by atoms with Crippen molar-refractivity contribution in [2.75, 3.05) is 49.2 Å². The Balaban J connectivity index is 0.000000388. The van der Waals surface area contributed by atoms with Crippen LogP contribution in [0, 0.1) is 31.4 Å². The maximum atomic E-state index is 14.9. The lowest BCUT2D eigenvalue weighted by atomic mass is 9.87. The molecule has 12 heteroatoms. The molecule has 53 heavy (non-hydrogen) atoms. The first kappa shape index (κ1) is 39.7. The van der Waals surface area contributed by atoms with Crippen LogP contribution < -0.4 is 19.9 Å². The third kappa shape index (κ3) is 10.3. The SMILES string of the molecule is CC.Cc1ccc(N2CCN(c3ccc(OCC4CO[C@@](Cn5cncn5)(c5ccc(F)cc5F)C4)c(C)c3)CC2)cc1.O=CN[C@H]1CCCCC1O. The van der Waals surface area contributed by atoms with Gasteiger partial charge in [-0.1, -0.05) is 50.5 Å². The first-order valence-corrected chi connectivity index (χ1v) is 18.8. The highest BCUT2D eigenvalue weighted by Crippen LogP contribution is 2.42. The summed E-state index contributed by atoms with van der Waals surface area (Å²) in [6.45, 7) is 13.2. The zero-order valence-corrected chi connectivity index (χ0v) is 31.4. The average molecular weight is 733 g/mol. The second kappa shape index (κ2) is 19.0. The summed E-state index contributed by atoms with van der Waals surface area (Å²) in [6, 6.07) is 18.7. The Labute approximate surface area is 312 Å². The van der Waals surface area contributed by atoms with Crippen molar-refractivity contribution in [3.8, 4) is 5.75 Å². The van der Waals surface area contributed by atoms with E-state index in [-0.39, 0.29) is 24.6 Å². The summed E-state index contributed by atoms with van der Waals surface area (Å²) in [6.07, 6.45) is 7.80. The topological polar surface area (TPSA) is 105 Å². The number of amides is 1. The molecule has 2 aliphatic heterocycles. The zero-order chi connectivity index (χ0) is 37.8. The number of aromatic nitrogens is 3.